The molecule has 2 unspecified atom stereocenters. The van der Waals surface area contributed by atoms with Gasteiger partial charge in [-0.25, -0.2) is 0 Å². The summed E-state index contributed by atoms with van der Waals surface area (Å²) in [5.74, 6) is 0. The van der Waals surface area contributed by atoms with Crippen molar-refractivity contribution in [2.75, 3.05) is 32.7 Å². The van der Waals surface area contributed by atoms with E-state index in [2.05, 4.69) is 14.9 Å². The maximum atomic E-state index is 6.33. The van der Waals surface area contributed by atoms with E-state index in [-0.39, 0.29) is 6.04 Å². The van der Waals surface area contributed by atoms with Gasteiger partial charge in [0.05, 0.1) is 11.7 Å². The second kappa shape index (κ2) is 3.84. The monoisotopic (exact) mass is 221 g/mol. The molecule has 3 aliphatic rings. The number of hydrogen-bond acceptors (Lipinski definition) is 4. The van der Waals surface area contributed by atoms with Crippen molar-refractivity contribution in [3.63, 3.8) is 0 Å². The Morgan fingerprint density at radius 3 is 2.62 bits per heavy atom. The van der Waals surface area contributed by atoms with Gasteiger partial charge in [0.1, 0.15) is 0 Å². The number of nitrogens with zero attached hydrogens (tertiary/aromatic N) is 4. The molecule has 16 heavy (non-hydrogen) atoms. The highest BCUT2D eigenvalue weighted by Crippen LogP contribution is 2.24. The van der Waals surface area contributed by atoms with Crippen molar-refractivity contribution < 1.29 is 0 Å². The van der Waals surface area contributed by atoms with Crippen LogP contribution in [0, 0.1) is 0 Å². The van der Waals surface area contributed by atoms with Crippen LogP contribution in [0.15, 0.2) is 12.3 Å². The lowest BCUT2D eigenvalue weighted by Crippen LogP contribution is -2.63. The highest BCUT2D eigenvalue weighted by Gasteiger charge is 2.36. The highest BCUT2D eigenvalue weighted by atomic mass is 15.4. The first kappa shape index (κ1) is 10.3. The number of aryl methyl sites for hydroxylation is 1. The van der Waals surface area contributed by atoms with Crippen molar-refractivity contribution in [2.45, 2.75) is 12.1 Å². The molecule has 3 fully saturated rings. The average Bonchev–Trinajstić information content (AvgIpc) is 2.76. The summed E-state index contributed by atoms with van der Waals surface area (Å²) in [4.78, 5) is 5.02. The van der Waals surface area contributed by atoms with E-state index in [1.165, 1.54) is 13.1 Å². The second-order valence-corrected chi connectivity index (χ2v) is 4.84. The molecular weight excluding hydrogens is 202 g/mol. The van der Waals surface area contributed by atoms with Crippen LogP contribution in [0.1, 0.15) is 11.7 Å². The minimum Gasteiger partial charge on any atom is -0.321 e. The van der Waals surface area contributed by atoms with Crippen molar-refractivity contribution >= 4 is 0 Å². The Hall–Kier alpha value is -0.910. The smallest absolute Gasteiger partial charge is 0.0808 e. The molecule has 88 valence electrons. The van der Waals surface area contributed by atoms with Gasteiger partial charge < -0.3 is 5.73 Å². The number of rotatable bonds is 2. The summed E-state index contributed by atoms with van der Waals surface area (Å²) >= 11 is 0. The van der Waals surface area contributed by atoms with Crippen LogP contribution in [0.25, 0.3) is 0 Å². The Kier molecular flexibility index (Phi) is 2.46. The third-order valence-electron chi connectivity index (χ3n) is 3.81. The van der Waals surface area contributed by atoms with Gasteiger partial charge >= 0.3 is 0 Å². The Morgan fingerprint density at radius 2 is 2.12 bits per heavy atom. The summed E-state index contributed by atoms with van der Waals surface area (Å²) in [7, 11) is 1.94. The number of fused-ring (bicyclic) bond motifs is 3. The van der Waals surface area contributed by atoms with Gasteiger partial charge in [-0.05, 0) is 6.07 Å². The summed E-state index contributed by atoms with van der Waals surface area (Å²) in [5, 5.41) is 4.42. The molecule has 0 aromatic carbocycles. The Bertz CT molecular complexity index is 366. The van der Waals surface area contributed by atoms with Gasteiger partial charge in [-0.2, -0.15) is 5.10 Å². The van der Waals surface area contributed by atoms with Crippen LogP contribution in [0.5, 0.6) is 0 Å². The average molecular weight is 221 g/mol. The largest absolute Gasteiger partial charge is 0.321 e. The van der Waals surface area contributed by atoms with E-state index in [1.807, 2.05) is 24.0 Å². The summed E-state index contributed by atoms with van der Waals surface area (Å²) in [5.41, 5.74) is 7.34. The van der Waals surface area contributed by atoms with Crippen molar-refractivity contribution in [2.24, 2.45) is 12.8 Å². The molecule has 4 rings (SSSR count). The van der Waals surface area contributed by atoms with E-state index in [1.54, 1.807) is 0 Å². The molecular formula is C11H19N5. The highest BCUT2D eigenvalue weighted by molar-refractivity contribution is 5.10. The standard InChI is InChI=1S/C11H19N5/c1-14-3-2-9(13-14)11(12)10-8-15-4-6-16(10)7-5-15/h2-3,10-11H,4-8,12H2,1H3. The van der Waals surface area contributed by atoms with E-state index in [0.29, 0.717) is 6.04 Å². The van der Waals surface area contributed by atoms with Gasteiger partial charge in [-0.15, -0.1) is 0 Å². The fourth-order valence-electron chi connectivity index (χ4n) is 2.81. The van der Waals surface area contributed by atoms with Crippen molar-refractivity contribution in [3.05, 3.63) is 18.0 Å². The van der Waals surface area contributed by atoms with Crippen LogP contribution < -0.4 is 5.73 Å². The van der Waals surface area contributed by atoms with Gasteiger partial charge in [0.15, 0.2) is 0 Å². The maximum absolute atomic E-state index is 6.33. The Morgan fingerprint density at radius 1 is 1.38 bits per heavy atom. The number of piperazine rings is 3. The summed E-state index contributed by atoms with van der Waals surface area (Å²) in [6.07, 6.45) is 1.96. The quantitative estimate of drug-likeness (QED) is 0.726. The lowest BCUT2D eigenvalue weighted by Gasteiger charge is -2.49. The molecule has 2 bridgehead atoms. The van der Waals surface area contributed by atoms with Gasteiger partial charge in [-0.1, -0.05) is 0 Å². The molecule has 3 saturated heterocycles. The van der Waals surface area contributed by atoms with Gasteiger partial charge in [-0.3, -0.25) is 14.5 Å². The molecule has 0 saturated carbocycles. The van der Waals surface area contributed by atoms with Crippen molar-refractivity contribution in [3.8, 4) is 0 Å². The zero-order valence-corrected chi connectivity index (χ0v) is 9.71. The zero-order valence-electron chi connectivity index (χ0n) is 9.71. The number of nitrogens with two attached hydrogens (primary N) is 1. The number of aromatic nitrogens is 2. The Labute approximate surface area is 95.8 Å². The third-order valence-corrected chi connectivity index (χ3v) is 3.81. The van der Waals surface area contributed by atoms with E-state index < -0.39 is 0 Å². The molecule has 0 spiro atoms. The topological polar surface area (TPSA) is 50.3 Å². The molecule has 1 aromatic heterocycles. The maximum Gasteiger partial charge on any atom is 0.0808 e. The molecule has 2 atom stereocenters. The van der Waals surface area contributed by atoms with Gasteiger partial charge in [0, 0.05) is 52.0 Å². The molecule has 3 aliphatic heterocycles. The van der Waals surface area contributed by atoms with Crippen LogP contribution >= 0.6 is 0 Å². The molecule has 0 amide bonds. The van der Waals surface area contributed by atoms with E-state index in [4.69, 9.17) is 5.73 Å². The SMILES string of the molecule is Cn1ccc(C(N)C2CN3CCN2CC3)n1. The predicted octanol–water partition coefficient (Wildman–Crippen LogP) is -0.580. The lowest BCUT2D eigenvalue weighted by atomic mass is 9.98. The zero-order chi connectivity index (χ0) is 11.1. The molecule has 0 radical (unpaired) electrons. The third kappa shape index (κ3) is 1.65. The van der Waals surface area contributed by atoms with Crippen LogP contribution in [-0.2, 0) is 7.05 Å². The first-order chi connectivity index (χ1) is 7.74. The fourth-order valence-corrected chi connectivity index (χ4v) is 2.81. The molecule has 0 aliphatic carbocycles. The summed E-state index contributed by atoms with van der Waals surface area (Å²) in [6, 6.07) is 2.52. The first-order valence-corrected chi connectivity index (χ1v) is 5.95. The lowest BCUT2D eigenvalue weighted by molar-refractivity contribution is 0.00154. The van der Waals surface area contributed by atoms with E-state index in [9.17, 15) is 0 Å². The minimum atomic E-state index is 0.0456. The second-order valence-electron chi connectivity index (χ2n) is 4.84. The van der Waals surface area contributed by atoms with Gasteiger partial charge in [0.25, 0.3) is 0 Å². The van der Waals surface area contributed by atoms with Crippen molar-refractivity contribution in [1.82, 2.24) is 19.6 Å². The molecule has 5 nitrogen and oxygen atoms in total. The van der Waals surface area contributed by atoms with Gasteiger partial charge in [0.2, 0.25) is 0 Å². The predicted molar refractivity (Wildman–Crippen MR) is 61.9 cm³/mol. The molecule has 5 heteroatoms. The van der Waals surface area contributed by atoms with E-state index in [0.717, 1.165) is 25.3 Å². The minimum absolute atomic E-state index is 0.0456. The summed E-state index contributed by atoms with van der Waals surface area (Å²) in [6.45, 7) is 5.81. The molecule has 2 N–H and O–H groups in total. The number of hydrogen-bond donors (Lipinski definition) is 1. The van der Waals surface area contributed by atoms with Crippen molar-refractivity contribution in [1.29, 1.82) is 0 Å². The normalized spacial score (nSPS) is 35.2. The molecule has 1 aromatic rings. The van der Waals surface area contributed by atoms with Crippen LogP contribution in [0.2, 0.25) is 0 Å². The van der Waals surface area contributed by atoms with Crippen LogP contribution in [-0.4, -0.2) is 58.3 Å². The van der Waals surface area contributed by atoms with E-state index >= 15 is 0 Å². The Balaban J connectivity index is 1.77. The molecule has 4 heterocycles. The summed E-state index contributed by atoms with van der Waals surface area (Å²) < 4.78 is 1.83. The fraction of sp³-hybridized carbons (Fsp3) is 0.727. The first-order valence-electron chi connectivity index (χ1n) is 5.95. The van der Waals surface area contributed by atoms with Crippen LogP contribution in [0.3, 0.4) is 0 Å². The van der Waals surface area contributed by atoms with Crippen LogP contribution in [0.4, 0.5) is 0 Å².